The normalized spacial score (nSPS) is 13.9. The summed E-state index contributed by atoms with van der Waals surface area (Å²) in [6.07, 6.45) is 63.6. The minimum absolute atomic E-state index is 0.0343. The number of allylic oxidation sites excluding steroid dienone is 12. The predicted octanol–water partition coefficient (Wildman–Crippen LogP) is 16.3. The van der Waals surface area contributed by atoms with Crippen LogP contribution in [-0.4, -0.2) is 70.0 Å². The summed E-state index contributed by atoms with van der Waals surface area (Å²) in [5.74, 6) is -0.839. The van der Waals surface area contributed by atoms with Crippen LogP contribution in [0.25, 0.3) is 0 Å². The van der Waals surface area contributed by atoms with Gasteiger partial charge in [-0.25, -0.2) is 0 Å². The van der Waals surface area contributed by atoms with Crippen molar-refractivity contribution in [1.29, 1.82) is 0 Å². The molecule has 0 fully saturated rings. The molecule has 0 amide bonds. The maximum absolute atomic E-state index is 12.8. The molecule has 68 heavy (non-hydrogen) atoms. The summed E-state index contributed by atoms with van der Waals surface area (Å²) in [7, 11) is 1.16. The van der Waals surface area contributed by atoms with Crippen LogP contribution >= 0.6 is 7.82 Å². The number of carbonyl (C=O) groups excluding carboxylic acids is 2. The first-order chi connectivity index (χ1) is 33.0. The lowest BCUT2D eigenvalue weighted by atomic mass is 10.0. The largest absolute Gasteiger partial charge is 0.756 e. The molecule has 2 unspecified atom stereocenters. The van der Waals surface area contributed by atoms with E-state index in [1.807, 2.05) is 21.1 Å². The van der Waals surface area contributed by atoms with Crippen LogP contribution in [0.3, 0.4) is 0 Å². The second-order valence-corrected chi connectivity index (χ2v) is 21.0. The standard InChI is InChI=1S/C58H104NO8P/c1-6-8-10-12-14-16-18-20-22-24-25-26-27-28-29-30-31-32-33-35-37-39-41-43-45-47-49-51-58(61)67-56(55-66-68(62,63)65-53-52-59(3,4)5)54-64-57(60)50-48-46-44-42-40-38-36-34-23-21-19-17-15-13-11-9-7-2/h8,10,14,16,20,22,25-26,28-29,31-32,56H,6-7,9,11-13,15,17-19,21,23-24,27,30,33-55H2,1-5H3/b10-8-,16-14-,22-20-,26-25-,29-28-,32-31-. The number of ether oxygens (including phenoxy) is 2. The number of quaternary nitrogens is 1. The van der Waals surface area contributed by atoms with Gasteiger partial charge < -0.3 is 27.9 Å². The third-order valence-corrected chi connectivity index (χ3v) is 12.7. The van der Waals surface area contributed by atoms with Crippen molar-refractivity contribution in [1.82, 2.24) is 0 Å². The number of phosphoric acid groups is 1. The molecule has 0 bridgehead atoms. The topological polar surface area (TPSA) is 111 Å². The Morgan fingerprint density at radius 2 is 0.838 bits per heavy atom. The van der Waals surface area contributed by atoms with Gasteiger partial charge in [0.2, 0.25) is 0 Å². The lowest BCUT2D eigenvalue weighted by Crippen LogP contribution is -2.37. The molecule has 0 heterocycles. The lowest BCUT2D eigenvalue weighted by molar-refractivity contribution is -0.870. The minimum Gasteiger partial charge on any atom is -0.756 e. The van der Waals surface area contributed by atoms with Gasteiger partial charge in [-0.05, 0) is 64.2 Å². The molecule has 0 saturated carbocycles. The second-order valence-electron chi connectivity index (χ2n) is 19.6. The van der Waals surface area contributed by atoms with E-state index in [0.29, 0.717) is 17.4 Å². The first kappa shape index (κ1) is 65.5. The number of hydrogen-bond acceptors (Lipinski definition) is 8. The molecule has 10 heteroatoms. The zero-order valence-corrected chi connectivity index (χ0v) is 45.4. The monoisotopic (exact) mass is 974 g/mol. The van der Waals surface area contributed by atoms with Crippen LogP contribution in [0.15, 0.2) is 72.9 Å². The molecule has 9 nitrogen and oxygen atoms in total. The van der Waals surface area contributed by atoms with Crippen LogP contribution in [0.1, 0.15) is 232 Å². The summed E-state index contributed by atoms with van der Waals surface area (Å²) in [4.78, 5) is 37.8. The Morgan fingerprint density at radius 1 is 0.471 bits per heavy atom. The van der Waals surface area contributed by atoms with Crippen molar-refractivity contribution in [3.8, 4) is 0 Å². The average Bonchev–Trinajstić information content (AvgIpc) is 3.30. The zero-order chi connectivity index (χ0) is 49.9. The molecule has 2 atom stereocenters. The molecule has 0 aliphatic rings. The minimum atomic E-state index is -4.64. The number of hydrogen-bond donors (Lipinski definition) is 0. The quantitative estimate of drug-likeness (QED) is 0.0195. The summed E-state index contributed by atoms with van der Waals surface area (Å²) in [6, 6.07) is 0. The average molecular weight is 974 g/mol. The van der Waals surface area contributed by atoms with Crippen molar-refractivity contribution in [2.75, 3.05) is 47.5 Å². The van der Waals surface area contributed by atoms with Crippen molar-refractivity contribution >= 4 is 19.8 Å². The molecule has 0 N–H and O–H groups in total. The van der Waals surface area contributed by atoms with E-state index in [-0.39, 0.29) is 32.0 Å². The van der Waals surface area contributed by atoms with Crippen molar-refractivity contribution < 1.29 is 42.1 Å². The Morgan fingerprint density at radius 3 is 1.25 bits per heavy atom. The summed E-state index contributed by atoms with van der Waals surface area (Å²) in [5, 5.41) is 0. The Labute approximate surface area is 418 Å². The number of unbranched alkanes of at least 4 members (excludes halogenated alkanes) is 24. The fourth-order valence-corrected chi connectivity index (χ4v) is 8.21. The maximum atomic E-state index is 12.8. The first-order valence-electron chi connectivity index (χ1n) is 27.6. The third kappa shape index (κ3) is 52.8. The zero-order valence-electron chi connectivity index (χ0n) is 44.5. The van der Waals surface area contributed by atoms with Gasteiger partial charge in [-0.15, -0.1) is 0 Å². The highest BCUT2D eigenvalue weighted by Crippen LogP contribution is 2.38. The number of nitrogens with zero attached hydrogens (tertiary/aromatic N) is 1. The van der Waals surface area contributed by atoms with Crippen LogP contribution in [0.2, 0.25) is 0 Å². The second kappa shape index (κ2) is 49.4. The summed E-state index contributed by atoms with van der Waals surface area (Å²) in [5.41, 5.74) is 0. The Hall–Kier alpha value is -2.55. The molecule has 0 aliphatic carbocycles. The maximum Gasteiger partial charge on any atom is 0.306 e. The lowest BCUT2D eigenvalue weighted by Gasteiger charge is -2.28. The van der Waals surface area contributed by atoms with E-state index < -0.39 is 26.5 Å². The number of likely N-dealkylation sites (N-methyl/N-ethyl adjacent to an activating group) is 1. The van der Waals surface area contributed by atoms with Crippen LogP contribution in [0, 0.1) is 0 Å². The molecule has 394 valence electrons. The van der Waals surface area contributed by atoms with E-state index in [2.05, 4.69) is 86.8 Å². The van der Waals surface area contributed by atoms with Crippen molar-refractivity contribution in [3.05, 3.63) is 72.9 Å². The molecule has 0 aliphatic heterocycles. The molecule has 0 radical (unpaired) electrons. The Kier molecular flexibility index (Phi) is 47.6. The van der Waals surface area contributed by atoms with Crippen LogP contribution in [0.5, 0.6) is 0 Å². The van der Waals surface area contributed by atoms with Gasteiger partial charge in [0.25, 0.3) is 7.82 Å². The third-order valence-electron chi connectivity index (χ3n) is 11.7. The Bertz CT molecular complexity index is 1380. The predicted molar refractivity (Wildman–Crippen MR) is 286 cm³/mol. The molecular weight excluding hydrogens is 870 g/mol. The molecule has 0 aromatic rings. The molecule has 0 saturated heterocycles. The van der Waals surface area contributed by atoms with E-state index in [1.54, 1.807) is 0 Å². The number of carbonyl (C=O) groups is 2. The summed E-state index contributed by atoms with van der Waals surface area (Å²) >= 11 is 0. The van der Waals surface area contributed by atoms with Gasteiger partial charge in [-0.3, -0.25) is 14.2 Å². The van der Waals surface area contributed by atoms with E-state index in [4.69, 9.17) is 18.5 Å². The van der Waals surface area contributed by atoms with E-state index in [0.717, 1.165) is 83.5 Å². The highest BCUT2D eigenvalue weighted by atomic mass is 31.2. The van der Waals surface area contributed by atoms with Gasteiger partial charge in [-0.1, -0.05) is 228 Å². The van der Waals surface area contributed by atoms with Gasteiger partial charge in [0.15, 0.2) is 6.10 Å². The summed E-state index contributed by atoms with van der Waals surface area (Å²) in [6.45, 7) is 4.13. The van der Waals surface area contributed by atoms with Gasteiger partial charge in [-0.2, -0.15) is 0 Å². The fourth-order valence-electron chi connectivity index (χ4n) is 7.48. The Balaban J connectivity index is 4.22. The number of phosphoric ester groups is 1. The number of esters is 2. The fraction of sp³-hybridized carbons (Fsp3) is 0.759. The molecule has 0 rings (SSSR count). The first-order valence-corrected chi connectivity index (χ1v) is 29.1. The van der Waals surface area contributed by atoms with Crippen LogP contribution < -0.4 is 4.89 Å². The molecular formula is C58H104NO8P. The number of rotatable bonds is 50. The highest BCUT2D eigenvalue weighted by molar-refractivity contribution is 7.45. The molecule has 0 spiro atoms. The van der Waals surface area contributed by atoms with Crippen LogP contribution in [-0.2, 0) is 32.7 Å². The van der Waals surface area contributed by atoms with Crippen LogP contribution in [0.4, 0.5) is 0 Å². The van der Waals surface area contributed by atoms with Gasteiger partial charge in [0, 0.05) is 12.8 Å². The smallest absolute Gasteiger partial charge is 0.306 e. The van der Waals surface area contributed by atoms with Crippen molar-refractivity contribution in [2.24, 2.45) is 0 Å². The van der Waals surface area contributed by atoms with Gasteiger partial charge in [0.1, 0.15) is 19.8 Å². The van der Waals surface area contributed by atoms with E-state index in [9.17, 15) is 19.0 Å². The van der Waals surface area contributed by atoms with Gasteiger partial charge >= 0.3 is 11.9 Å². The van der Waals surface area contributed by atoms with E-state index in [1.165, 1.54) is 116 Å². The van der Waals surface area contributed by atoms with Gasteiger partial charge in [0.05, 0.1) is 27.7 Å². The summed E-state index contributed by atoms with van der Waals surface area (Å²) < 4.78 is 34.1. The SMILES string of the molecule is CC/C=C\C/C=C\C/C=C\C/C=C\C/C=C\C/C=C\CCCCCCCCCCC(=O)OC(COC(=O)CCCCCCCCCCCCCCCCCCC)COP(=O)([O-])OCC[N+](C)(C)C. The van der Waals surface area contributed by atoms with Crippen molar-refractivity contribution in [3.63, 3.8) is 0 Å². The highest BCUT2D eigenvalue weighted by Gasteiger charge is 2.21. The van der Waals surface area contributed by atoms with E-state index >= 15 is 0 Å². The van der Waals surface area contributed by atoms with Crippen molar-refractivity contribution in [2.45, 2.75) is 238 Å². The molecule has 0 aromatic heterocycles. The molecule has 0 aromatic carbocycles.